The van der Waals surface area contributed by atoms with Crippen molar-refractivity contribution in [3.8, 4) is 11.6 Å². The highest BCUT2D eigenvalue weighted by molar-refractivity contribution is 9.10. The summed E-state index contributed by atoms with van der Waals surface area (Å²) in [5.74, 6) is -0.577. The molecule has 6 nitrogen and oxygen atoms in total. The van der Waals surface area contributed by atoms with Gasteiger partial charge in [-0.2, -0.15) is 9.38 Å². The van der Waals surface area contributed by atoms with E-state index < -0.39 is 10.7 Å². The van der Waals surface area contributed by atoms with Crippen LogP contribution in [0.2, 0.25) is 0 Å². The number of hydrogen-bond acceptors (Lipinski definition) is 5. The van der Waals surface area contributed by atoms with Gasteiger partial charge in [-0.1, -0.05) is 11.3 Å². The highest BCUT2D eigenvalue weighted by Crippen LogP contribution is 2.34. The predicted molar refractivity (Wildman–Crippen MR) is 73.9 cm³/mol. The molecule has 2 aromatic heterocycles. The standard InChI is InChI=1S/C11H5BrFN3O3S/c12-7-5-6(1-2-8(7)13)19-9-10(16(17)18)15-3-4-20-11(15)14-9/h1-5H. The van der Waals surface area contributed by atoms with E-state index in [1.165, 1.54) is 33.9 Å². The van der Waals surface area contributed by atoms with Gasteiger partial charge in [0.05, 0.1) is 4.47 Å². The third-order valence-electron chi connectivity index (χ3n) is 2.48. The van der Waals surface area contributed by atoms with E-state index in [9.17, 15) is 14.5 Å². The molecule has 0 bridgehead atoms. The Morgan fingerprint density at radius 1 is 1.50 bits per heavy atom. The van der Waals surface area contributed by atoms with Crippen molar-refractivity contribution >= 4 is 38.0 Å². The van der Waals surface area contributed by atoms with Crippen molar-refractivity contribution in [3.63, 3.8) is 0 Å². The lowest BCUT2D eigenvalue weighted by atomic mass is 10.3. The predicted octanol–water partition coefficient (Wildman–Crippen LogP) is 4.00. The van der Waals surface area contributed by atoms with Gasteiger partial charge in [-0.05, 0) is 39.1 Å². The van der Waals surface area contributed by atoms with Gasteiger partial charge < -0.3 is 14.9 Å². The summed E-state index contributed by atoms with van der Waals surface area (Å²) in [5, 5.41) is 12.8. The minimum absolute atomic E-state index is 0.125. The van der Waals surface area contributed by atoms with Gasteiger partial charge >= 0.3 is 11.7 Å². The first-order valence-electron chi connectivity index (χ1n) is 5.29. The molecule has 0 saturated heterocycles. The molecule has 3 aromatic rings. The van der Waals surface area contributed by atoms with Crippen LogP contribution in [0.1, 0.15) is 0 Å². The van der Waals surface area contributed by atoms with Crippen LogP contribution in [0.15, 0.2) is 34.2 Å². The Balaban J connectivity index is 2.05. The number of ether oxygens (including phenoxy) is 1. The fraction of sp³-hybridized carbons (Fsp3) is 0. The second-order valence-electron chi connectivity index (χ2n) is 3.73. The Morgan fingerprint density at radius 2 is 2.30 bits per heavy atom. The van der Waals surface area contributed by atoms with Gasteiger partial charge in [0.15, 0.2) is 0 Å². The zero-order chi connectivity index (χ0) is 14.3. The summed E-state index contributed by atoms with van der Waals surface area (Å²) in [6.07, 6.45) is 1.54. The molecule has 0 atom stereocenters. The molecule has 0 saturated carbocycles. The maximum atomic E-state index is 13.1. The Kier molecular flexibility index (Phi) is 3.14. The first-order valence-corrected chi connectivity index (χ1v) is 6.96. The SMILES string of the molecule is O=[N+]([O-])c1c(Oc2ccc(F)c(Br)c2)nc2sccn12. The van der Waals surface area contributed by atoms with Gasteiger partial charge in [-0.25, -0.2) is 4.39 Å². The van der Waals surface area contributed by atoms with Crippen LogP contribution in [0.25, 0.3) is 4.96 Å². The molecule has 0 N–H and O–H groups in total. The molecular formula is C11H5BrFN3O3S. The number of rotatable bonds is 3. The Hall–Kier alpha value is -2.00. The molecule has 0 aliphatic heterocycles. The number of benzene rings is 1. The Labute approximate surface area is 123 Å². The van der Waals surface area contributed by atoms with E-state index in [4.69, 9.17) is 4.74 Å². The van der Waals surface area contributed by atoms with Crippen LogP contribution in [0.3, 0.4) is 0 Å². The lowest BCUT2D eigenvalue weighted by molar-refractivity contribution is -0.391. The van der Waals surface area contributed by atoms with Crippen LogP contribution in [0, 0.1) is 15.9 Å². The third-order valence-corrected chi connectivity index (χ3v) is 3.85. The fourth-order valence-electron chi connectivity index (χ4n) is 1.64. The molecule has 0 radical (unpaired) electrons. The second-order valence-corrected chi connectivity index (χ2v) is 5.46. The number of imidazole rings is 1. The molecule has 0 fully saturated rings. The van der Waals surface area contributed by atoms with Crippen molar-refractivity contribution in [3.05, 3.63) is 50.2 Å². The normalized spacial score (nSPS) is 10.9. The Bertz CT molecular complexity index is 816. The highest BCUT2D eigenvalue weighted by Gasteiger charge is 2.25. The minimum Gasteiger partial charge on any atom is -0.432 e. The number of hydrogen-bond donors (Lipinski definition) is 0. The average molecular weight is 358 g/mol. The summed E-state index contributed by atoms with van der Waals surface area (Å²) in [6.45, 7) is 0. The van der Waals surface area contributed by atoms with Crippen LogP contribution < -0.4 is 4.74 Å². The lowest BCUT2D eigenvalue weighted by Gasteiger charge is -2.03. The zero-order valence-electron chi connectivity index (χ0n) is 9.62. The summed E-state index contributed by atoms with van der Waals surface area (Å²) in [7, 11) is 0. The molecule has 0 amide bonds. The van der Waals surface area contributed by atoms with E-state index in [0.717, 1.165) is 0 Å². The topological polar surface area (TPSA) is 69.7 Å². The molecule has 2 heterocycles. The lowest BCUT2D eigenvalue weighted by Crippen LogP contribution is -1.95. The molecule has 0 aliphatic carbocycles. The smallest absolute Gasteiger partial charge is 0.393 e. The summed E-state index contributed by atoms with van der Waals surface area (Å²) >= 11 is 4.28. The van der Waals surface area contributed by atoms with Crippen LogP contribution in [0.5, 0.6) is 11.6 Å². The van der Waals surface area contributed by atoms with Crippen molar-refractivity contribution in [1.29, 1.82) is 0 Å². The molecule has 20 heavy (non-hydrogen) atoms. The Morgan fingerprint density at radius 3 is 3.00 bits per heavy atom. The third kappa shape index (κ3) is 2.14. The van der Waals surface area contributed by atoms with E-state index in [2.05, 4.69) is 20.9 Å². The second kappa shape index (κ2) is 4.84. The van der Waals surface area contributed by atoms with Gasteiger partial charge in [-0.3, -0.25) is 0 Å². The van der Waals surface area contributed by atoms with Crippen molar-refractivity contribution in [2.24, 2.45) is 0 Å². The molecule has 1 aromatic carbocycles. The molecule has 3 rings (SSSR count). The highest BCUT2D eigenvalue weighted by atomic mass is 79.9. The number of thiazole rings is 1. The van der Waals surface area contributed by atoms with Gasteiger partial charge in [0, 0.05) is 5.38 Å². The summed E-state index contributed by atoms with van der Waals surface area (Å²) in [4.78, 5) is 15.0. The maximum Gasteiger partial charge on any atom is 0.393 e. The summed E-state index contributed by atoms with van der Waals surface area (Å²) in [5.41, 5.74) is 0. The molecule has 0 aliphatic rings. The van der Waals surface area contributed by atoms with Gasteiger partial charge in [-0.15, -0.1) is 0 Å². The van der Waals surface area contributed by atoms with Crippen molar-refractivity contribution in [2.75, 3.05) is 0 Å². The molecular weight excluding hydrogens is 353 g/mol. The molecule has 0 spiro atoms. The van der Waals surface area contributed by atoms with E-state index in [1.807, 2.05) is 0 Å². The fourth-order valence-corrected chi connectivity index (χ4v) is 2.70. The van der Waals surface area contributed by atoms with Gasteiger partial charge in [0.1, 0.15) is 17.8 Å². The number of fused-ring (bicyclic) bond motifs is 1. The zero-order valence-corrected chi connectivity index (χ0v) is 12.0. The average Bonchev–Trinajstić information content (AvgIpc) is 2.93. The van der Waals surface area contributed by atoms with E-state index in [1.54, 1.807) is 11.6 Å². The summed E-state index contributed by atoms with van der Waals surface area (Å²) < 4.78 is 20.1. The van der Waals surface area contributed by atoms with E-state index >= 15 is 0 Å². The van der Waals surface area contributed by atoms with Crippen LogP contribution in [0.4, 0.5) is 10.2 Å². The first kappa shape index (κ1) is 13.0. The largest absolute Gasteiger partial charge is 0.432 e. The van der Waals surface area contributed by atoms with E-state index in [0.29, 0.717) is 4.96 Å². The number of nitrogens with zero attached hydrogens (tertiary/aromatic N) is 3. The van der Waals surface area contributed by atoms with Gasteiger partial charge in [0.25, 0.3) is 4.96 Å². The molecule has 0 unspecified atom stereocenters. The molecule has 9 heteroatoms. The summed E-state index contributed by atoms with van der Waals surface area (Å²) in [6, 6.07) is 3.95. The van der Waals surface area contributed by atoms with Crippen molar-refractivity contribution in [1.82, 2.24) is 9.38 Å². The van der Waals surface area contributed by atoms with Gasteiger partial charge in [0.2, 0.25) is 0 Å². The van der Waals surface area contributed by atoms with Crippen molar-refractivity contribution in [2.45, 2.75) is 0 Å². The number of halogens is 2. The quantitative estimate of drug-likeness (QED) is 0.524. The monoisotopic (exact) mass is 357 g/mol. The van der Waals surface area contributed by atoms with E-state index in [-0.39, 0.29) is 21.9 Å². The minimum atomic E-state index is -0.569. The van der Waals surface area contributed by atoms with Crippen LogP contribution in [-0.4, -0.2) is 14.3 Å². The maximum absolute atomic E-state index is 13.1. The molecule has 102 valence electrons. The van der Waals surface area contributed by atoms with Crippen LogP contribution >= 0.6 is 27.3 Å². The first-order chi connectivity index (χ1) is 9.56. The van der Waals surface area contributed by atoms with Crippen LogP contribution in [-0.2, 0) is 0 Å². The number of nitro groups is 1. The number of aromatic nitrogens is 2. The van der Waals surface area contributed by atoms with Crippen molar-refractivity contribution < 1.29 is 14.1 Å².